The molecule has 4 rings (SSSR count). The Bertz CT molecular complexity index is 924. The van der Waals surface area contributed by atoms with Crippen LogP contribution in [0.15, 0.2) is 43.2 Å². The maximum absolute atomic E-state index is 12.4. The van der Waals surface area contributed by atoms with E-state index in [2.05, 4.69) is 29.8 Å². The van der Waals surface area contributed by atoms with Gasteiger partial charge in [0.2, 0.25) is 0 Å². The van der Waals surface area contributed by atoms with Crippen molar-refractivity contribution in [3.63, 3.8) is 0 Å². The molecule has 0 unspecified atom stereocenters. The molecule has 4 heterocycles. The van der Waals surface area contributed by atoms with E-state index in [1.165, 1.54) is 0 Å². The molecular formula is C18H20N8O2. The quantitative estimate of drug-likeness (QED) is 0.630. The van der Waals surface area contributed by atoms with Gasteiger partial charge in [0.05, 0.1) is 0 Å². The minimum Gasteiger partial charge on any atom is -0.453 e. The zero-order valence-electron chi connectivity index (χ0n) is 15.5. The predicted molar refractivity (Wildman–Crippen MR) is 100 cm³/mol. The van der Waals surface area contributed by atoms with E-state index in [0.29, 0.717) is 32.0 Å². The summed E-state index contributed by atoms with van der Waals surface area (Å²) >= 11 is 0. The lowest BCUT2D eigenvalue weighted by Crippen LogP contribution is -2.50. The Morgan fingerprint density at radius 3 is 2.54 bits per heavy atom. The van der Waals surface area contributed by atoms with Crippen LogP contribution in [0.4, 0.5) is 5.82 Å². The van der Waals surface area contributed by atoms with Crippen LogP contribution < -0.4 is 9.64 Å². The van der Waals surface area contributed by atoms with Crippen LogP contribution in [0.1, 0.15) is 5.82 Å². The van der Waals surface area contributed by atoms with Gasteiger partial charge in [-0.3, -0.25) is 9.36 Å². The number of aromatic nitrogens is 6. The molecule has 0 bridgehead atoms. The molecule has 0 spiro atoms. The number of carbonyl (C=O) groups is 1. The highest BCUT2D eigenvalue weighted by atomic mass is 16.5. The Labute approximate surface area is 161 Å². The number of hydrogen-bond acceptors (Lipinski definition) is 8. The number of rotatable bonds is 5. The normalized spacial score (nSPS) is 14.2. The fourth-order valence-corrected chi connectivity index (χ4v) is 2.99. The molecule has 0 saturated carbocycles. The SMILES string of the molecule is Cc1nc(N2CCN(C(=O)COc3ncccn3)CC2)cc(-n2ccnc2)n1. The maximum Gasteiger partial charge on any atom is 0.316 e. The molecule has 0 aliphatic carbocycles. The fourth-order valence-electron chi connectivity index (χ4n) is 2.99. The molecule has 1 amide bonds. The summed E-state index contributed by atoms with van der Waals surface area (Å²) in [5.41, 5.74) is 0. The number of nitrogens with zero attached hydrogens (tertiary/aromatic N) is 8. The molecular weight excluding hydrogens is 360 g/mol. The van der Waals surface area contributed by atoms with Crippen LogP contribution in [0.5, 0.6) is 6.01 Å². The summed E-state index contributed by atoms with van der Waals surface area (Å²) in [5.74, 6) is 2.23. The van der Waals surface area contributed by atoms with Crippen LogP contribution in [-0.2, 0) is 4.79 Å². The highest BCUT2D eigenvalue weighted by Crippen LogP contribution is 2.17. The highest BCUT2D eigenvalue weighted by Gasteiger charge is 2.23. The molecule has 3 aromatic rings. The lowest BCUT2D eigenvalue weighted by atomic mass is 10.3. The average Bonchev–Trinajstić information content (AvgIpc) is 3.27. The van der Waals surface area contributed by atoms with Gasteiger partial charge in [0.1, 0.15) is 23.8 Å². The number of hydrogen-bond donors (Lipinski definition) is 0. The summed E-state index contributed by atoms with van der Waals surface area (Å²) < 4.78 is 7.20. The number of imidazole rings is 1. The van der Waals surface area contributed by atoms with Crippen molar-refractivity contribution in [2.45, 2.75) is 6.92 Å². The van der Waals surface area contributed by atoms with Crippen molar-refractivity contribution in [2.24, 2.45) is 0 Å². The van der Waals surface area contributed by atoms with Crippen molar-refractivity contribution < 1.29 is 9.53 Å². The van der Waals surface area contributed by atoms with Gasteiger partial charge in [0.15, 0.2) is 6.61 Å². The van der Waals surface area contributed by atoms with Gasteiger partial charge in [-0.1, -0.05) is 0 Å². The minimum absolute atomic E-state index is 0.0680. The molecule has 144 valence electrons. The van der Waals surface area contributed by atoms with Crippen LogP contribution >= 0.6 is 0 Å². The first kappa shape index (κ1) is 17.8. The Balaban J connectivity index is 1.36. The third kappa shape index (κ3) is 4.05. The molecule has 0 N–H and O–H groups in total. The molecule has 0 atom stereocenters. The van der Waals surface area contributed by atoms with E-state index >= 15 is 0 Å². The number of ether oxygens (including phenoxy) is 1. The van der Waals surface area contributed by atoms with Crippen molar-refractivity contribution >= 4 is 11.7 Å². The van der Waals surface area contributed by atoms with E-state index in [-0.39, 0.29) is 18.5 Å². The van der Waals surface area contributed by atoms with E-state index in [1.54, 1.807) is 35.9 Å². The largest absolute Gasteiger partial charge is 0.453 e. The van der Waals surface area contributed by atoms with Gasteiger partial charge in [-0.25, -0.2) is 24.9 Å². The Kier molecular flexibility index (Phi) is 5.09. The summed E-state index contributed by atoms with van der Waals surface area (Å²) in [6.07, 6.45) is 8.42. The van der Waals surface area contributed by atoms with E-state index < -0.39 is 0 Å². The van der Waals surface area contributed by atoms with Crippen molar-refractivity contribution in [3.05, 3.63) is 49.1 Å². The highest BCUT2D eigenvalue weighted by molar-refractivity contribution is 5.78. The predicted octanol–water partition coefficient (Wildman–Crippen LogP) is 0.488. The van der Waals surface area contributed by atoms with Crippen LogP contribution in [0, 0.1) is 6.92 Å². The second-order valence-electron chi connectivity index (χ2n) is 6.29. The summed E-state index contributed by atoms with van der Waals surface area (Å²) in [4.78, 5) is 37.3. The van der Waals surface area contributed by atoms with Crippen LogP contribution in [0.2, 0.25) is 0 Å². The molecule has 1 fully saturated rings. The van der Waals surface area contributed by atoms with E-state index in [4.69, 9.17) is 4.74 Å². The van der Waals surface area contributed by atoms with Gasteiger partial charge in [-0.15, -0.1) is 0 Å². The smallest absolute Gasteiger partial charge is 0.316 e. The van der Waals surface area contributed by atoms with Crippen molar-refractivity contribution in [2.75, 3.05) is 37.7 Å². The molecule has 28 heavy (non-hydrogen) atoms. The summed E-state index contributed by atoms with van der Waals surface area (Å²) in [7, 11) is 0. The lowest BCUT2D eigenvalue weighted by Gasteiger charge is -2.35. The number of anilines is 1. The van der Waals surface area contributed by atoms with Crippen molar-refractivity contribution in [3.8, 4) is 11.8 Å². The molecule has 3 aromatic heterocycles. The number of carbonyl (C=O) groups excluding carboxylic acids is 1. The summed E-state index contributed by atoms with van der Waals surface area (Å²) in [6.45, 7) is 4.37. The fraction of sp³-hybridized carbons (Fsp3) is 0.333. The maximum atomic E-state index is 12.4. The molecule has 0 radical (unpaired) electrons. The molecule has 10 nitrogen and oxygen atoms in total. The first-order valence-electron chi connectivity index (χ1n) is 8.95. The molecule has 1 aliphatic heterocycles. The lowest BCUT2D eigenvalue weighted by molar-refractivity contribution is -0.133. The van der Waals surface area contributed by atoms with Gasteiger partial charge in [-0.2, -0.15) is 0 Å². The van der Waals surface area contributed by atoms with Crippen molar-refractivity contribution in [1.29, 1.82) is 0 Å². The second-order valence-corrected chi connectivity index (χ2v) is 6.29. The van der Waals surface area contributed by atoms with Gasteiger partial charge in [0.25, 0.3) is 5.91 Å². The summed E-state index contributed by atoms with van der Waals surface area (Å²) in [6, 6.07) is 3.83. The van der Waals surface area contributed by atoms with Crippen LogP contribution in [0.3, 0.4) is 0 Å². The van der Waals surface area contributed by atoms with E-state index in [9.17, 15) is 4.79 Å². The third-order valence-electron chi connectivity index (χ3n) is 4.40. The van der Waals surface area contributed by atoms with Crippen LogP contribution in [-0.4, -0.2) is 73.1 Å². The standard InChI is InChI=1S/C18H20N8O2/c1-14-22-15(11-16(23-14)26-6-5-19-13-26)24-7-9-25(10-8-24)17(27)12-28-18-20-3-2-4-21-18/h2-6,11,13H,7-10,12H2,1H3. The monoisotopic (exact) mass is 380 g/mol. The van der Waals surface area contributed by atoms with Gasteiger partial charge >= 0.3 is 6.01 Å². The minimum atomic E-state index is -0.0786. The summed E-state index contributed by atoms with van der Waals surface area (Å²) in [5, 5.41) is 0. The Hall–Kier alpha value is -3.56. The molecule has 0 aromatic carbocycles. The van der Waals surface area contributed by atoms with E-state index in [0.717, 1.165) is 11.6 Å². The van der Waals surface area contributed by atoms with Gasteiger partial charge in [0, 0.05) is 57.0 Å². The number of piperazine rings is 1. The molecule has 1 saturated heterocycles. The zero-order valence-corrected chi connectivity index (χ0v) is 15.5. The number of amides is 1. The van der Waals surface area contributed by atoms with E-state index in [1.807, 2.05) is 23.8 Å². The average molecular weight is 380 g/mol. The number of aryl methyl sites for hydroxylation is 1. The Morgan fingerprint density at radius 2 is 1.82 bits per heavy atom. The first-order valence-corrected chi connectivity index (χ1v) is 8.95. The Morgan fingerprint density at radius 1 is 1.07 bits per heavy atom. The van der Waals surface area contributed by atoms with Crippen molar-refractivity contribution in [1.82, 2.24) is 34.4 Å². The first-order chi connectivity index (χ1) is 13.7. The third-order valence-corrected chi connectivity index (χ3v) is 4.40. The van der Waals surface area contributed by atoms with Gasteiger partial charge < -0.3 is 14.5 Å². The second kappa shape index (κ2) is 7.99. The van der Waals surface area contributed by atoms with Crippen LogP contribution in [0.25, 0.3) is 5.82 Å². The molecule has 10 heteroatoms. The molecule has 1 aliphatic rings. The topological polar surface area (TPSA) is 102 Å². The van der Waals surface area contributed by atoms with Gasteiger partial charge in [-0.05, 0) is 13.0 Å². The zero-order chi connectivity index (χ0) is 19.3.